The van der Waals surface area contributed by atoms with Crippen LogP contribution in [0, 0.1) is 5.82 Å². The maximum Gasteiger partial charge on any atom is 0.252 e. The van der Waals surface area contributed by atoms with E-state index in [9.17, 15) is 9.18 Å². The summed E-state index contributed by atoms with van der Waals surface area (Å²) in [5, 5.41) is 8.32. The first-order chi connectivity index (χ1) is 17.0. The molecular formula is C26H26FN7O. The second-order valence-corrected chi connectivity index (χ2v) is 8.77. The average molecular weight is 472 g/mol. The van der Waals surface area contributed by atoms with Crippen LogP contribution in [0.2, 0.25) is 0 Å². The predicted molar refractivity (Wildman–Crippen MR) is 135 cm³/mol. The first-order valence-corrected chi connectivity index (χ1v) is 11.6. The fraction of sp³-hybridized carbons (Fsp3) is 0.231. The summed E-state index contributed by atoms with van der Waals surface area (Å²) in [7, 11) is 0. The Morgan fingerprint density at radius 1 is 1.00 bits per heavy atom. The number of nitrogens with zero attached hydrogens (tertiary/aromatic N) is 3. The lowest BCUT2D eigenvalue weighted by Gasteiger charge is -2.30. The molecule has 35 heavy (non-hydrogen) atoms. The molecule has 1 aliphatic carbocycles. The van der Waals surface area contributed by atoms with Crippen LogP contribution in [0.15, 0.2) is 61.1 Å². The molecule has 5 rings (SSSR count). The van der Waals surface area contributed by atoms with Gasteiger partial charge in [-0.1, -0.05) is 25.0 Å². The molecule has 9 heteroatoms. The van der Waals surface area contributed by atoms with Crippen molar-refractivity contribution in [3.05, 3.63) is 72.4 Å². The number of amides is 1. The van der Waals surface area contributed by atoms with Gasteiger partial charge in [-0.2, -0.15) is 0 Å². The van der Waals surface area contributed by atoms with Crippen LogP contribution in [-0.4, -0.2) is 32.9 Å². The molecule has 0 spiro atoms. The third-order valence-corrected chi connectivity index (χ3v) is 6.34. The molecule has 0 bridgehead atoms. The summed E-state index contributed by atoms with van der Waals surface area (Å²) >= 11 is 0. The second-order valence-electron chi connectivity index (χ2n) is 8.77. The Balaban J connectivity index is 1.46. The molecule has 3 heterocycles. The number of carbonyl (C=O) groups is 1. The topological polar surface area (TPSA) is 132 Å². The van der Waals surface area contributed by atoms with E-state index < -0.39 is 11.7 Å². The van der Waals surface area contributed by atoms with Gasteiger partial charge in [-0.05, 0) is 48.6 Å². The van der Waals surface area contributed by atoms with Crippen molar-refractivity contribution in [1.82, 2.24) is 15.0 Å². The minimum atomic E-state index is -0.781. The minimum absolute atomic E-state index is 0.0381. The van der Waals surface area contributed by atoms with Gasteiger partial charge in [0.25, 0.3) is 5.91 Å². The van der Waals surface area contributed by atoms with Crippen LogP contribution in [0.5, 0.6) is 0 Å². The number of halogens is 1. The van der Waals surface area contributed by atoms with E-state index >= 15 is 0 Å². The Labute approximate surface area is 202 Å². The van der Waals surface area contributed by atoms with Crippen LogP contribution in [0.25, 0.3) is 22.0 Å². The summed E-state index contributed by atoms with van der Waals surface area (Å²) in [5.41, 5.74) is 13.9. The van der Waals surface area contributed by atoms with Gasteiger partial charge >= 0.3 is 0 Å². The van der Waals surface area contributed by atoms with Crippen molar-refractivity contribution in [3.8, 4) is 11.3 Å². The lowest BCUT2D eigenvalue weighted by Crippen LogP contribution is -2.43. The van der Waals surface area contributed by atoms with Crippen LogP contribution < -0.4 is 22.1 Å². The van der Waals surface area contributed by atoms with Gasteiger partial charge in [0.2, 0.25) is 0 Å². The van der Waals surface area contributed by atoms with Crippen molar-refractivity contribution < 1.29 is 9.18 Å². The van der Waals surface area contributed by atoms with Crippen molar-refractivity contribution >= 4 is 34.0 Å². The van der Waals surface area contributed by atoms with Gasteiger partial charge in [-0.15, -0.1) is 0 Å². The number of aromatic nitrogens is 3. The molecule has 8 nitrogen and oxygen atoms in total. The lowest BCUT2D eigenvalue weighted by molar-refractivity contribution is 0.100. The highest BCUT2D eigenvalue weighted by atomic mass is 19.1. The smallest absolute Gasteiger partial charge is 0.252 e. The van der Waals surface area contributed by atoms with E-state index in [1.165, 1.54) is 0 Å². The normalized spacial score (nSPS) is 17.8. The maximum atomic E-state index is 14.8. The largest absolute Gasteiger partial charge is 0.365 e. The number of hydrogen-bond donors (Lipinski definition) is 4. The Morgan fingerprint density at radius 3 is 2.69 bits per heavy atom. The quantitative estimate of drug-likeness (QED) is 0.329. The van der Waals surface area contributed by atoms with Crippen LogP contribution >= 0.6 is 0 Å². The van der Waals surface area contributed by atoms with E-state index in [4.69, 9.17) is 11.5 Å². The second kappa shape index (κ2) is 9.63. The van der Waals surface area contributed by atoms with Crippen molar-refractivity contribution in [2.75, 3.05) is 10.6 Å². The number of pyridine rings is 3. The zero-order chi connectivity index (χ0) is 24.4. The first-order valence-electron chi connectivity index (χ1n) is 11.6. The van der Waals surface area contributed by atoms with E-state index in [1.54, 1.807) is 24.7 Å². The zero-order valence-corrected chi connectivity index (χ0v) is 19.0. The number of rotatable bonds is 6. The standard InChI is InChI=1S/C26H26FN7O/c27-20-13-19(24(29)35)25(34-26(20)33-22-4-2-1-3-21(22)28)32-18-8-10-31-23(12-18)16-6-5-15-7-9-30-14-17(15)11-16/h5-14,21-22H,1-4,28H2,(H2,29,35)(H2,31,32,33,34). The Kier molecular flexibility index (Phi) is 6.24. The van der Waals surface area contributed by atoms with Gasteiger partial charge < -0.3 is 22.1 Å². The molecule has 2 atom stereocenters. The molecule has 6 N–H and O–H groups in total. The van der Waals surface area contributed by atoms with Gasteiger partial charge in [-0.25, -0.2) is 9.37 Å². The van der Waals surface area contributed by atoms with Crippen molar-refractivity contribution in [2.24, 2.45) is 11.5 Å². The van der Waals surface area contributed by atoms with E-state index in [-0.39, 0.29) is 29.3 Å². The first kappa shape index (κ1) is 22.7. The summed E-state index contributed by atoms with van der Waals surface area (Å²) in [6.45, 7) is 0. The van der Waals surface area contributed by atoms with Crippen molar-refractivity contribution in [3.63, 3.8) is 0 Å². The van der Waals surface area contributed by atoms with Gasteiger partial charge in [0, 0.05) is 47.3 Å². The zero-order valence-electron chi connectivity index (χ0n) is 19.0. The number of fused-ring (bicyclic) bond motifs is 1. The number of anilines is 3. The number of primary amides is 1. The molecule has 3 aromatic heterocycles. The minimum Gasteiger partial charge on any atom is -0.365 e. The van der Waals surface area contributed by atoms with Crippen molar-refractivity contribution in [2.45, 2.75) is 37.8 Å². The predicted octanol–water partition coefficient (Wildman–Crippen LogP) is 4.36. The molecule has 4 aromatic rings. The Morgan fingerprint density at radius 2 is 1.86 bits per heavy atom. The summed E-state index contributed by atoms with van der Waals surface area (Å²) in [4.78, 5) is 25.1. The van der Waals surface area contributed by atoms with Crippen LogP contribution in [-0.2, 0) is 0 Å². The molecule has 1 amide bonds. The molecule has 0 radical (unpaired) electrons. The third-order valence-electron chi connectivity index (χ3n) is 6.34. The van der Waals surface area contributed by atoms with Gasteiger partial charge in [0.1, 0.15) is 5.82 Å². The third kappa shape index (κ3) is 4.90. The number of carbonyl (C=O) groups excluding carboxylic acids is 1. The highest BCUT2D eigenvalue weighted by Crippen LogP contribution is 2.29. The van der Waals surface area contributed by atoms with E-state index in [0.717, 1.165) is 53.8 Å². The number of hydrogen-bond acceptors (Lipinski definition) is 7. The van der Waals surface area contributed by atoms with Gasteiger partial charge in [-0.3, -0.25) is 14.8 Å². The molecule has 1 aromatic carbocycles. The molecule has 2 unspecified atom stereocenters. The summed E-state index contributed by atoms with van der Waals surface area (Å²) < 4.78 is 14.8. The maximum absolute atomic E-state index is 14.8. The fourth-order valence-electron chi connectivity index (χ4n) is 4.43. The number of nitrogens with two attached hydrogens (primary N) is 2. The summed E-state index contributed by atoms with van der Waals surface area (Å²) in [5.74, 6) is -1.24. The molecule has 1 fully saturated rings. The monoisotopic (exact) mass is 471 g/mol. The summed E-state index contributed by atoms with van der Waals surface area (Å²) in [6.07, 6.45) is 8.98. The molecule has 178 valence electrons. The Bertz CT molecular complexity index is 1390. The Hall–Kier alpha value is -4.11. The fourth-order valence-corrected chi connectivity index (χ4v) is 4.43. The average Bonchev–Trinajstić information content (AvgIpc) is 2.87. The lowest BCUT2D eigenvalue weighted by atomic mass is 9.91. The van der Waals surface area contributed by atoms with Gasteiger partial charge in [0.05, 0.1) is 11.3 Å². The number of benzene rings is 1. The molecule has 0 saturated heterocycles. The SMILES string of the molecule is NC(=O)c1cc(F)c(NC2CCCCC2N)nc1Nc1ccnc(-c2ccc3ccncc3c2)c1. The van der Waals surface area contributed by atoms with Crippen LogP contribution in [0.1, 0.15) is 36.0 Å². The van der Waals surface area contributed by atoms with Crippen molar-refractivity contribution in [1.29, 1.82) is 0 Å². The van der Waals surface area contributed by atoms with Crippen LogP contribution in [0.3, 0.4) is 0 Å². The van der Waals surface area contributed by atoms with E-state index in [0.29, 0.717) is 5.69 Å². The van der Waals surface area contributed by atoms with E-state index in [2.05, 4.69) is 25.6 Å². The molecule has 1 saturated carbocycles. The van der Waals surface area contributed by atoms with E-state index in [1.807, 2.05) is 30.3 Å². The number of nitrogens with one attached hydrogen (secondary N) is 2. The summed E-state index contributed by atoms with van der Waals surface area (Å²) in [6, 6.07) is 12.4. The van der Waals surface area contributed by atoms with Gasteiger partial charge in [0.15, 0.2) is 11.6 Å². The molecule has 1 aliphatic rings. The highest BCUT2D eigenvalue weighted by Gasteiger charge is 2.24. The van der Waals surface area contributed by atoms with Crippen LogP contribution in [0.4, 0.5) is 21.7 Å². The molecular weight excluding hydrogens is 445 g/mol. The molecule has 0 aliphatic heterocycles. The highest BCUT2D eigenvalue weighted by molar-refractivity contribution is 5.98.